The Kier molecular flexibility index (Phi) is 8.05. The first kappa shape index (κ1) is 24.3. The highest BCUT2D eigenvalue weighted by atomic mass is 32.2. The predicted molar refractivity (Wildman–Crippen MR) is 132 cm³/mol. The molecule has 1 fully saturated rings. The Hall–Kier alpha value is -3.78. The molecule has 9 nitrogen and oxygen atoms in total. The first-order chi connectivity index (χ1) is 17.1. The number of aromatic nitrogens is 1. The third-order valence-electron chi connectivity index (χ3n) is 5.53. The van der Waals surface area contributed by atoms with Gasteiger partial charge in [0.2, 0.25) is 15.8 Å². The first-order valence-corrected chi connectivity index (χ1v) is 12.6. The monoisotopic (exact) mass is 490 g/mol. The molecule has 1 aliphatic rings. The number of rotatable bonds is 7. The van der Waals surface area contributed by atoms with Gasteiger partial charge in [-0.3, -0.25) is 15.2 Å². The number of nitrogens with one attached hydrogen (secondary N) is 2. The second kappa shape index (κ2) is 11.6. The number of guanidine groups is 1. The molecule has 35 heavy (non-hydrogen) atoms. The Labute approximate surface area is 205 Å². The summed E-state index contributed by atoms with van der Waals surface area (Å²) in [5.74, 6) is 0.285. The van der Waals surface area contributed by atoms with E-state index in [1.165, 1.54) is 0 Å². The number of pyridine rings is 1. The lowest BCUT2D eigenvalue weighted by atomic mass is 10.2. The molecule has 0 saturated carbocycles. The Morgan fingerprint density at radius 2 is 1.77 bits per heavy atom. The maximum Gasteiger partial charge on any atom is 0.209 e. The molecule has 2 N–H and O–H groups in total. The summed E-state index contributed by atoms with van der Waals surface area (Å²) in [6.45, 7) is 3.69. The van der Waals surface area contributed by atoms with E-state index < -0.39 is 9.84 Å². The highest BCUT2D eigenvalue weighted by Crippen LogP contribution is 2.26. The molecule has 0 unspecified atom stereocenters. The van der Waals surface area contributed by atoms with Crippen LogP contribution in [-0.4, -0.2) is 50.6 Å². The highest BCUT2D eigenvalue weighted by molar-refractivity contribution is 7.91. The van der Waals surface area contributed by atoms with E-state index in [0.29, 0.717) is 24.7 Å². The van der Waals surface area contributed by atoms with Crippen molar-refractivity contribution in [3.63, 3.8) is 0 Å². The van der Waals surface area contributed by atoms with Crippen LogP contribution in [-0.2, 0) is 27.7 Å². The molecule has 4 rings (SSSR count). The Bertz CT molecular complexity index is 1300. The van der Waals surface area contributed by atoms with Crippen molar-refractivity contribution in [1.82, 2.24) is 15.2 Å². The van der Waals surface area contributed by atoms with E-state index in [1.54, 1.807) is 60.9 Å². The fourth-order valence-corrected chi connectivity index (χ4v) is 5.19. The maximum atomic E-state index is 13.4. The average Bonchev–Trinajstić information content (AvgIpc) is 2.89. The van der Waals surface area contributed by atoms with Crippen molar-refractivity contribution in [2.75, 3.05) is 31.6 Å². The van der Waals surface area contributed by atoms with E-state index >= 15 is 0 Å². The zero-order valence-electron chi connectivity index (χ0n) is 19.1. The van der Waals surface area contributed by atoms with Crippen molar-refractivity contribution in [3.05, 3.63) is 84.2 Å². The number of benzene rings is 2. The number of nitrogens with zero attached hydrogens (tertiary/aromatic N) is 4. The Morgan fingerprint density at radius 1 is 1.06 bits per heavy atom. The fourth-order valence-electron chi connectivity index (χ4n) is 3.70. The van der Waals surface area contributed by atoms with Gasteiger partial charge in [-0.2, -0.15) is 5.26 Å². The lowest BCUT2D eigenvalue weighted by Gasteiger charge is -2.27. The molecule has 0 atom stereocenters. The summed E-state index contributed by atoms with van der Waals surface area (Å²) >= 11 is 0. The van der Waals surface area contributed by atoms with Gasteiger partial charge in [-0.05, 0) is 41.5 Å². The third kappa shape index (κ3) is 6.42. The minimum atomic E-state index is -3.69. The van der Waals surface area contributed by atoms with E-state index in [1.807, 2.05) is 18.3 Å². The highest BCUT2D eigenvalue weighted by Gasteiger charge is 2.22. The molecule has 0 radical (unpaired) electrons. The number of hydrogen-bond acceptors (Lipinski definition) is 7. The van der Waals surface area contributed by atoms with Crippen molar-refractivity contribution in [1.29, 1.82) is 5.26 Å². The van der Waals surface area contributed by atoms with Crippen molar-refractivity contribution >= 4 is 21.5 Å². The number of morpholine rings is 1. The lowest BCUT2D eigenvalue weighted by Crippen LogP contribution is -2.36. The molecule has 0 spiro atoms. The second-order valence-electron chi connectivity index (χ2n) is 7.91. The minimum Gasteiger partial charge on any atom is -0.379 e. The van der Waals surface area contributed by atoms with Crippen molar-refractivity contribution in [3.8, 4) is 6.19 Å². The number of ether oxygens (including phenoxy) is 1. The molecule has 1 saturated heterocycles. The van der Waals surface area contributed by atoms with Crippen molar-refractivity contribution in [2.24, 2.45) is 4.99 Å². The summed E-state index contributed by atoms with van der Waals surface area (Å²) in [4.78, 5) is 11.1. The van der Waals surface area contributed by atoms with Gasteiger partial charge in [0.25, 0.3) is 0 Å². The third-order valence-corrected chi connectivity index (χ3v) is 7.40. The standard InChI is InChI=1S/C25H26N6O3S/c26-19-29-25(30-22-9-11-27-12-10-22)28-17-20-5-7-23(8-6-20)35(32,33)24-4-2-1-3-21(24)18-31-13-15-34-16-14-31/h1-12H,13-18H2,(H2,27,28,29,30). The maximum absolute atomic E-state index is 13.4. The fraction of sp³-hybridized carbons (Fsp3) is 0.240. The molecular formula is C25H26N6O3S. The van der Waals surface area contributed by atoms with Gasteiger partial charge in [0, 0.05) is 37.7 Å². The van der Waals surface area contributed by atoms with Crippen LogP contribution < -0.4 is 10.6 Å². The summed E-state index contributed by atoms with van der Waals surface area (Å²) in [5.41, 5.74) is 2.32. The van der Waals surface area contributed by atoms with Crippen LogP contribution in [0.1, 0.15) is 11.1 Å². The topological polar surface area (TPSA) is 120 Å². The van der Waals surface area contributed by atoms with Gasteiger partial charge in [-0.15, -0.1) is 0 Å². The zero-order chi connectivity index (χ0) is 24.5. The van der Waals surface area contributed by atoms with Gasteiger partial charge >= 0.3 is 0 Å². The van der Waals surface area contributed by atoms with Crippen LogP contribution in [0.3, 0.4) is 0 Å². The van der Waals surface area contributed by atoms with Crippen LogP contribution in [0.2, 0.25) is 0 Å². The molecule has 0 amide bonds. The molecule has 2 aromatic carbocycles. The molecule has 2 heterocycles. The molecule has 180 valence electrons. The largest absolute Gasteiger partial charge is 0.379 e. The summed E-state index contributed by atoms with van der Waals surface area (Å²) < 4.78 is 32.3. The van der Waals surface area contributed by atoms with Gasteiger partial charge in [0.15, 0.2) is 6.19 Å². The predicted octanol–water partition coefficient (Wildman–Crippen LogP) is 2.79. The number of nitriles is 1. The number of anilines is 1. The van der Waals surface area contributed by atoms with Crippen LogP contribution in [0.25, 0.3) is 0 Å². The van der Waals surface area contributed by atoms with E-state index in [-0.39, 0.29) is 17.4 Å². The van der Waals surface area contributed by atoms with E-state index in [0.717, 1.165) is 29.9 Å². The zero-order valence-corrected chi connectivity index (χ0v) is 19.9. The van der Waals surface area contributed by atoms with Gasteiger partial charge in [0.05, 0.1) is 29.5 Å². The van der Waals surface area contributed by atoms with Gasteiger partial charge < -0.3 is 10.1 Å². The van der Waals surface area contributed by atoms with Crippen molar-refractivity contribution in [2.45, 2.75) is 22.9 Å². The molecule has 0 bridgehead atoms. The second-order valence-corrected chi connectivity index (χ2v) is 9.82. The Balaban J connectivity index is 1.49. The van der Waals surface area contributed by atoms with Crippen LogP contribution in [0.4, 0.5) is 5.69 Å². The molecule has 3 aromatic rings. The van der Waals surface area contributed by atoms with Crippen LogP contribution >= 0.6 is 0 Å². The van der Waals surface area contributed by atoms with Gasteiger partial charge in [-0.25, -0.2) is 13.4 Å². The molecule has 1 aliphatic heterocycles. The smallest absolute Gasteiger partial charge is 0.209 e. The normalized spacial score (nSPS) is 14.8. The minimum absolute atomic E-state index is 0.227. The van der Waals surface area contributed by atoms with E-state index in [4.69, 9.17) is 10.00 Å². The van der Waals surface area contributed by atoms with Crippen molar-refractivity contribution < 1.29 is 13.2 Å². The van der Waals surface area contributed by atoms with E-state index in [9.17, 15) is 8.42 Å². The Morgan fingerprint density at radius 3 is 2.49 bits per heavy atom. The molecular weight excluding hydrogens is 464 g/mol. The molecule has 1 aromatic heterocycles. The summed E-state index contributed by atoms with van der Waals surface area (Å²) in [7, 11) is -3.69. The van der Waals surface area contributed by atoms with Crippen LogP contribution in [0.15, 0.2) is 87.8 Å². The summed E-state index contributed by atoms with van der Waals surface area (Å²) in [6, 6.07) is 17.3. The number of sulfone groups is 1. The van der Waals surface area contributed by atoms with Crippen LogP contribution in [0.5, 0.6) is 0 Å². The van der Waals surface area contributed by atoms with Gasteiger partial charge in [-0.1, -0.05) is 30.3 Å². The van der Waals surface area contributed by atoms with Gasteiger partial charge in [0.1, 0.15) is 0 Å². The molecule has 10 heteroatoms. The first-order valence-electron chi connectivity index (χ1n) is 11.1. The lowest BCUT2D eigenvalue weighted by molar-refractivity contribution is 0.0338. The number of aliphatic imine (C=N–C) groups is 1. The number of hydrogen-bond donors (Lipinski definition) is 2. The average molecular weight is 491 g/mol. The summed E-state index contributed by atoms with van der Waals surface area (Å²) in [6.07, 6.45) is 5.12. The SMILES string of the molecule is N#CNC(=NCc1ccc(S(=O)(=O)c2ccccc2CN2CCOCC2)cc1)Nc1ccncc1. The van der Waals surface area contributed by atoms with E-state index in [2.05, 4.69) is 25.5 Å². The van der Waals surface area contributed by atoms with Crippen LogP contribution in [0, 0.1) is 11.5 Å². The molecule has 0 aliphatic carbocycles. The quantitative estimate of drug-likeness (QED) is 0.225. The summed E-state index contributed by atoms with van der Waals surface area (Å²) in [5, 5.41) is 14.5.